The molecule has 2 heterocycles. The summed E-state index contributed by atoms with van der Waals surface area (Å²) in [5.41, 5.74) is 3.79. The summed E-state index contributed by atoms with van der Waals surface area (Å²) in [6, 6.07) is 12.9. The number of amides is 1. The standard InChI is InChI=1S/C17H18N2O4/c20-17(19-22-11-13-4-2-1-3-5-13)14-6-7-16(18-10-14)23-15-8-9-21-12-15/h1-7,10,15H,8-9,11-12H2,(H,19,20). The fourth-order valence-corrected chi connectivity index (χ4v) is 2.18. The van der Waals surface area contributed by atoms with E-state index in [2.05, 4.69) is 10.5 Å². The molecule has 1 aliphatic heterocycles. The molecule has 23 heavy (non-hydrogen) atoms. The number of ether oxygens (including phenoxy) is 2. The Bertz CT molecular complexity index is 625. The molecule has 0 spiro atoms. The van der Waals surface area contributed by atoms with E-state index in [1.807, 2.05) is 30.3 Å². The summed E-state index contributed by atoms with van der Waals surface area (Å²) in [6.07, 6.45) is 2.36. The van der Waals surface area contributed by atoms with Crippen molar-refractivity contribution in [1.29, 1.82) is 0 Å². The van der Waals surface area contributed by atoms with Crippen LogP contribution in [0.4, 0.5) is 0 Å². The lowest BCUT2D eigenvalue weighted by Crippen LogP contribution is -2.23. The topological polar surface area (TPSA) is 69.7 Å². The van der Waals surface area contributed by atoms with Gasteiger partial charge in [0.15, 0.2) is 0 Å². The van der Waals surface area contributed by atoms with Gasteiger partial charge >= 0.3 is 0 Å². The van der Waals surface area contributed by atoms with Gasteiger partial charge in [0.25, 0.3) is 5.91 Å². The Hall–Kier alpha value is -2.44. The molecule has 1 unspecified atom stereocenters. The molecular weight excluding hydrogens is 296 g/mol. The van der Waals surface area contributed by atoms with E-state index in [-0.39, 0.29) is 12.0 Å². The third-order valence-electron chi connectivity index (χ3n) is 3.42. The normalized spacial score (nSPS) is 17.0. The second-order valence-electron chi connectivity index (χ2n) is 5.19. The van der Waals surface area contributed by atoms with Gasteiger partial charge in [-0.15, -0.1) is 0 Å². The number of pyridine rings is 1. The van der Waals surface area contributed by atoms with Crippen molar-refractivity contribution < 1.29 is 19.1 Å². The van der Waals surface area contributed by atoms with E-state index in [0.717, 1.165) is 12.0 Å². The van der Waals surface area contributed by atoms with Crippen LogP contribution in [-0.2, 0) is 16.2 Å². The fraction of sp³-hybridized carbons (Fsp3) is 0.294. The third-order valence-corrected chi connectivity index (χ3v) is 3.42. The van der Waals surface area contributed by atoms with E-state index < -0.39 is 0 Å². The maximum atomic E-state index is 12.0. The summed E-state index contributed by atoms with van der Waals surface area (Å²) < 4.78 is 10.9. The van der Waals surface area contributed by atoms with Crippen LogP contribution in [0.2, 0.25) is 0 Å². The third kappa shape index (κ3) is 4.51. The molecule has 120 valence electrons. The molecule has 6 nitrogen and oxygen atoms in total. The molecule has 1 amide bonds. The zero-order valence-corrected chi connectivity index (χ0v) is 12.6. The molecule has 0 saturated carbocycles. The van der Waals surface area contributed by atoms with Crippen LogP contribution in [0.25, 0.3) is 0 Å². The van der Waals surface area contributed by atoms with E-state index in [4.69, 9.17) is 14.3 Å². The zero-order chi connectivity index (χ0) is 15.9. The Labute approximate surface area is 134 Å². The first-order chi connectivity index (χ1) is 11.3. The average Bonchev–Trinajstić information content (AvgIpc) is 3.09. The number of hydroxylamine groups is 1. The Morgan fingerprint density at radius 3 is 2.83 bits per heavy atom. The minimum atomic E-state index is -0.343. The molecule has 0 radical (unpaired) electrons. The van der Waals surface area contributed by atoms with E-state index in [1.54, 1.807) is 12.1 Å². The van der Waals surface area contributed by atoms with E-state index in [0.29, 0.717) is 31.3 Å². The van der Waals surface area contributed by atoms with Gasteiger partial charge in [-0.1, -0.05) is 30.3 Å². The highest BCUT2D eigenvalue weighted by Gasteiger charge is 2.17. The number of hydrogen-bond acceptors (Lipinski definition) is 5. The van der Waals surface area contributed by atoms with Crippen molar-refractivity contribution in [1.82, 2.24) is 10.5 Å². The Morgan fingerprint density at radius 2 is 2.13 bits per heavy atom. The Morgan fingerprint density at radius 1 is 1.26 bits per heavy atom. The second kappa shape index (κ2) is 7.71. The molecule has 6 heteroatoms. The minimum Gasteiger partial charge on any atom is -0.472 e. The molecule has 0 bridgehead atoms. The first-order valence-corrected chi connectivity index (χ1v) is 7.48. The van der Waals surface area contributed by atoms with Crippen LogP contribution in [0.1, 0.15) is 22.3 Å². The van der Waals surface area contributed by atoms with Gasteiger partial charge in [-0.05, 0) is 11.6 Å². The molecule has 1 saturated heterocycles. The van der Waals surface area contributed by atoms with Crippen molar-refractivity contribution in [3.05, 3.63) is 59.8 Å². The number of carbonyl (C=O) groups excluding carboxylic acids is 1. The van der Waals surface area contributed by atoms with Crippen LogP contribution in [0, 0.1) is 0 Å². The number of hydrogen-bond donors (Lipinski definition) is 1. The van der Waals surface area contributed by atoms with Crippen molar-refractivity contribution in [3.63, 3.8) is 0 Å². The molecule has 1 N–H and O–H groups in total. The lowest BCUT2D eigenvalue weighted by Gasteiger charge is -2.11. The van der Waals surface area contributed by atoms with E-state index in [9.17, 15) is 4.79 Å². The smallest absolute Gasteiger partial charge is 0.276 e. The Balaban J connectivity index is 1.47. The van der Waals surface area contributed by atoms with Crippen LogP contribution >= 0.6 is 0 Å². The summed E-state index contributed by atoms with van der Waals surface area (Å²) in [5, 5.41) is 0. The Kier molecular flexibility index (Phi) is 5.18. The van der Waals surface area contributed by atoms with Gasteiger partial charge < -0.3 is 9.47 Å². The van der Waals surface area contributed by atoms with Gasteiger partial charge in [0.2, 0.25) is 5.88 Å². The molecule has 2 aromatic rings. The van der Waals surface area contributed by atoms with Gasteiger partial charge in [-0.25, -0.2) is 10.5 Å². The summed E-state index contributed by atoms with van der Waals surface area (Å²) in [6.45, 7) is 1.60. The number of nitrogens with zero attached hydrogens (tertiary/aromatic N) is 1. The van der Waals surface area contributed by atoms with Crippen molar-refractivity contribution in [2.45, 2.75) is 19.1 Å². The van der Waals surface area contributed by atoms with Crippen molar-refractivity contribution >= 4 is 5.91 Å². The van der Waals surface area contributed by atoms with Crippen LogP contribution in [0.3, 0.4) is 0 Å². The van der Waals surface area contributed by atoms with Crippen molar-refractivity contribution in [3.8, 4) is 5.88 Å². The van der Waals surface area contributed by atoms with Gasteiger partial charge in [0.05, 0.1) is 25.4 Å². The first-order valence-electron chi connectivity index (χ1n) is 7.48. The summed E-state index contributed by atoms with van der Waals surface area (Å²) >= 11 is 0. The summed E-state index contributed by atoms with van der Waals surface area (Å²) in [4.78, 5) is 21.3. The van der Waals surface area contributed by atoms with Crippen LogP contribution in [0.15, 0.2) is 48.7 Å². The lowest BCUT2D eigenvalue weighted by molar-refractivity contribution is 0.0233. The fourth-order valence-electron chi connectivity index (χ4n) is 2.18. The minimum absolute atomic E-state index is 0.0383. The molecule has 3 rings (SSSR count). The molecule has 1 atom stereocenters. The number of benzene rings is 1. The first kappa shape index (κ1) is 15.5. The predicted octanol–water partition coefficient (Wildman–Crippen LogP) is 2.11. The average molecular weight is 314 g/mol. The van der Waals surface area contributed by atoms with E-state index in [1.165, 1.54) is 6.20 Å². The van der Waals surface area contributed by atoms with Crippen molar-refractivity contribution in [2.75, 3.05) is 13.2 Å². The highest BCUT2D eigenvalue weighted by atomic mass is 16.6. The largest absolute Gasteiger partial charge is 0.472 e. The van der Waals surface area contributed by atoms with E-state index >= 15 is 0 Å². The maximum Gasteiger partial charge on any atom is 0.276 e. The lowest BCUT2D eigenvalue weighted by atomic mass is 10.2. The molecule has 1 aliphatic rings. The highest BCUT2D eigenvalue weighted by molar-refractivity contribution is 5.93. The summed E-state index contributed by atoms with van der Waals surface area (Å²) in [5.74, 6) is 0.145. The van der Waals surface area contributed by atoms with Gasteiger partial charge in [0, 0.05) is 18.7 Å². The predicted molar refractivity (Wildman–Crippen MR) is 82.8 cm³/mol. The SMILES string of the molecule is O=C(NOCc1ccccc1)c1ccc(OC2CCOC2)nc1. The monoisotopic (exact) mass is 314 g/mol. The van der Waals surface area contributed by atoms with Gasteiger partial charge in [-0.2, -0.15) is 0 Å². The molecule has 1 aromatic carbocycles. The second-order valence-corrected chi connectivity index (χ2v) is 5.19. The molecule has 1 fully saturated rings. The zero-order valence-electron chi connectivity index (χ0n) is 12.6. The van der Waals surface area contributed by atoms with Crippen molar-refractivity contribution in [2.24, 2.45) is 0 Å². The van der Waals surface area contributed by atoms with Crippen LogP contribution < -0.4 is 10.2 Å². The highest BCUT2D eigenvalue weighted by Crippen LogP contribution is 2.14. The summed E-state index contributed by atoms with van der Waals surface area (Å²) in [7, 11) is 0. The number of rotatable bonds is 6. The quantitative estimate of drug-likeness (QED) is 0.827. The van der Waals surface area contributed by atoms with Gasteiger partial charge in [-0.3, -0.25) is 9.63 Å². The van der Waals surface area contributed by atoms with Gasteiger partial charge in [0.1, 0.15) is 6.10 Å². The number of nitrogens with one attached hydrogen (secondary N) is 1. The number of carbonyl (C=O) groups is 1. The maximum absolute atomic E-state index is 12.0. The molecule has 0 aliphatic carbocycles. The van der Waals surface area contributed by atoms with Crippen LogP contribution in [0.5, 0.6) is 5.88 Å². The number of aromatic nitrogens is 1. The molecule has 1 aromatic heterocycles. The van der Waals surface area contributed by atoms with Crippen LogP contribution in [-0.4, -0.2) is 30.2 Å². The molecular formula is C17H18N2O4.